The molecule has 0 aliphatic rings. The molecule has 0 bridgehead atoms. The third kappa shape index (κ3) is 5.35. The van der Waals surface area contributed by atoms with Gasteiger partial charge < -0.3 is 9.72 Å². The number of esters is 1. The highest BCUT2D eigenvalue weighted by molar-refractivity contribution is 7.91. The highest BCUT2D eigenvalue weighted by atomic mass is 32.2. The lowest BCUT2D eigenvalue weighted by Gasteiger charge is -2.10. The van der Waals surface area contributed by atoms with Crippen LogP contribution in [0.1, 0.15) is 28.2 Å². The molecule has 0 fully saturated rings. The number of sulfone groups is 1. The molecular weight excluding hydrogens is 440 g/mol. The van der Waals surface area contributed by atoms with Crippen LogP contribution in [0.15, 0.2) is 88.6 Å². The number of aromatic nitrogens is 2. The van der Waals surface area contributed by atoms with E-state index in [0.29, 0.717) is 27.9 Å². The smallest absolute Gasteiger partial charge is 0.338 e. The maximum absolute atomic E-state index is 12.7. The molecule has 0 amide bonds. The lowest BCUT2D eigenvalue weighted by molar-refractivity contribution is 0.0504. The normalized spacial score (nSPS) is 11.4. The number of para-hydroxylation sites is 1. The fraction of sp³-hybridized carbons (Fsp3) is 0.160. The highest BCUT2D eigenvalue weighted by Crippen LogP contribution is 2.16. The van der Waals surface area contributed by atoms with Crippen molar-refractivity contribution in [3.8, 4) is 0 Å². The SMILES string of the molecule is O=C(OCCCS(=O)(=O)c1ccccc1)c1ccccc1Cc1nc2ccccc2c(=O)[nH]1. The largest absolute Gasteiger partial charge is 0.462 e. The van der Waals surface area contributed by atoms with E-state index < -0.39 is 15.8 Å². The predicted octanol–water partition coefficient (Wildman–Crippen LogP) is 3.53. The van der Waals surface area contributed by atoms with E-state index in [4.69, 9.17) is 4.74 Å². The molecule has 8 heteroatoms. The molecule has 0 saturated heterocycles. The number of fused-ring (bicyclic) bond motifs is 1. The molecule has 4 aromatic rings. The van der Waals surface area contributed by atoms with Crippen LogP contribution in [0, 0.1) is 0 Å². The van der Waals surface area contributed by atoms with Crippen molar-refractivity contribution in [2.24, 2.45) is 0 Å². The van der Waals surface area contributed by atoms with E-state index in [9.17, 15) is 18.0 Å². The predicted molar refractivity (Wildman–Crippen MR) is 125 cm³/mol. The molecule has 0 aliphatic heterocycles. The molecule has 1 aromatic heterocycles. The lowest BCUT2D eigenvalue weighted by Crippen LogP contribution is -2.15. The first kappa shape index (κ1) is 22.4. The van der Waals surface area contributed by atoms with Crippen molar-refractivity contribution < 1.29 is 17.9 Å². The van der Waals surface area contributed by atoms with Crippen LogP contribution < -0.4 is 5.56 Å². The van der Waals surface area contributed by atoms with Crippen molar-refractivity contribution in [1.82, 2.24) is 9.97 Å². The van der Waals surface area contributed by atoms with E-state index in [1.54, 1.807) is 72.8 Å². The Morgan fingerprint density at radius 1 is 0.909 bits per heavy atom. The van der Waals surface area contributed by atoms with Crippen molar-refractivity contribution in [2.45, 2.75) is 17.7 Å². The van der Waals surface area contributed by atoms with Crippen molar-refractivity contribution in [3.63, 3.8) is 0 Å². The number of nitrogens with zero attached hydrogens (tertiary/aromatic N) is 1. The van der Waals surface area contributed by atoms with Gasteiger partial charge in [0.1, 0.15) is 5.82 Å². The Hall–Kier alpha value is -3.78. The van der Waals surface area contributed by atoms with Gasteiger partial charge in [-0.05, 0) is 42.3 Å². The summed E-state index contributed by atoms with van der Waals surface area (Å²) in [6, 6.07) is 22.1. The monoisotopic (exact) mass is 462 g/mol. The number of benzene rings is 3. The second-order valence-corrected chi connectivity index (χ2v) is 9.59. The molecule has 33 heavy (non-hydrogen) atoms. The Morgan fingerprint density at radius 2 is 1.61 bits per heavy atom. The molecule has 4 rings (SSSR count). The van der Waals surface area contributed by atoms with Crippen molar-refractivity contribution in [1.29, 1.82) is 0 Å². The molecule has 7 nitrogen and oxygen atoms in total. The number of carbonyl (C=O) groups excluding carboxylic acids is 1. The molecule has 3 aromatic carbocycles. The quantitative estimate of drug-likeness (QED) is 0.317. The summed E-state index contributed by atoms with van der Waals surface area (Å²) in [5, 5.41) is 0.499. The number of hydrogen-bond donors (Lipinski definition) is 1. The van der Waals surface area contributed by atoms with Crippen LogP contribution >= 0.6 is 0 Å². The molecule has 0 unspecified atom stereocenters. The summed E-state index contributed by atoms with van der Waals surface area (Å²) in [7, 11) is -3.43. The molecule has 0 radical (unpaired) electrons. The number of nitrogens with one attached hydrogen (secondary N) is 1. The van der Waals surface area contributed by atoms with Crippen LogP contribution in [0.25, 0.3) is 10.9 Å². The van der Waals surface area contributed by atoms with Gasteiger partial charge in [0.05, 0.1) is 33.7 Å². The third-order valence-corrected chi connectivity index (χ3v) is 6.97. The minimum atomic E-state index is -3.43. The summed E-state index contributed by atoms with van der Waals surface area (Å²) in [5.74, 6) is -0.229. The average molecular weight is 463 g/mol. The maximum Gasteiger partial charge on any atom is 0.338 e. The summed E-state index contributed by atoms with van der Waals surface area (Å²) < 4.78 is 30.0. The fourth-order valence-corrected chi connectivity index (χ4v) is 4.82. The lowest BCUT2D eigenvalue weighted by atomic mass is 10.0. The zero-order valence-corrected chi connectivity index (χ0v) is 18.5. The van der Waals surface area contributed by atoms with Crippen LogP contribution in [0.3, 0.4) is 0 Å². The number of H-pyrrole nitrogens is 1. The molecule has 1 N–H and O–H groups in total. The summed E-state index contributed by atoms with van der Waals surface area (Å²) in [6.45, 7) is -0.0235. The zero-order chi connectivity index (χ0) is 23.3. The van der Waals surface area contributed by atoms with Crippen LogP contribution in [0.2, 0.25) is 0 Å². The third-order valence-electron chi connectivity index (χ3n) is 5.15. The first-order valence-electron chi connectivity index (χ1n) is 10.4. The van der Waals surface area contributed by atoms with Crippen LogP contribution in [-0.2, 0) is 21.0 Å². The van der Waals surface area contributed by atoms with E-state index in [1.807, 2.05) is 6.07 Å². The van der Waals surface area contributed by atoms with E-state index in [2.05, 4.69) is 9.97 Å². The standard InChI is InChI=1S/C25H22N2O5S/c28-24-21-13-6-7-14-22(21)26-23(27-24)17-18-9-4-5-12-20(18)25(29)32-15-8-16-33(30,31)19-10-2-1-3-11-19/h1-7,9-14H,8,15-17H2,(H,26,27,28). The topological polar surface area (TPSA) is 106 Å². The first-order chi connectivity index (χ1) is 15.9. The van der Waals surface area contributed by atoms with Crippen LogP contribution in [0.5, 0.6) is 0 Å². The second kappa shape index (κ2) is 9.79. The Bertz CT molecular complexity index is 1450. The van der Waals surface area contributed by atoms with Crippen LogP contribution in [0.4, 0.5) is 0 Å². The minimum Gasteiger partial charge on any atom is -0.462 e. The minimum absolute atomic E-state index is 0.0235. The maximum atomic E-state index is 12.7. The van der Waals surface area contributed by atoms with E-state index >= 15 is 0 Å². The van der Waals surface area contributed by atoms with Gasteiger partial charge in [-0.1, -0.05) is 48.5 Å². The van der Waals surface area contributed by atoms with Crippen molar-refractivity contribution >= 4 is 26.7 Å². The molecule has 0 saturated carbocycles. The van der Waals surface area contributed by atoms with Crippen molar-refractivity contribution in [2.75, 3.05) is 12.4 Å². The summed E-state index contributed by atoms with van der Waals surface area (Å²) in [5.41, 5.74) is 1.34. The number of aromatic amines is 1. The van der Waals surface area contributed by atoms with Gasteiger partial charge in [-0.3, -0.25) is 4.79 Å². The van der Waals surface area contributed by atoms with Gasteiger partial charge in [0.15, 0.2) is 9.84 Å². The van der Waals surface area contributed by atoms with Gasteiger partial charge in [0.2, 0.25) is 0 Å². The second-order valence-electron chi connectivity index (χ2n) is 7.49. The Kier molecular flexibility index (Phi) is 6.65. The van der Waals surface area contributed by atoms with Gasteiger partial charge in [-0.25, -0.2) is 18.2 Å². The number of rotatable bonds is 8. The number of ether oxygens (including phenoxy) is 1. The Labute approximate surface area is 191 Å². The van der Waals surface area contributed by atoms with Gasteiger partial charge in [0, 0.05) is 6.42 Å². The average Bonchev–Trinajstić information content (AvgIpc) is 2.83. The summed E-state index contributed by atoms with van der Waals surface area (Å²) in [6.07, 6.45) is 0.429. The molecule has 0 spiro atoms. The van der Waals surface area contributed by atoms with E-state index in [1.165, 1.54) is 0 Å². The van der Waals surface area contributed by atoms with Gasteiger partial charge in [-0.2, -0.15) is 0 Å². The highest BCUT2D eigenvalue weighted by Gasteiger charge is 2.16. The van der Waals surface area contributed by atoms with Gasteiger partial charge in [0.25, 0.3) is 5.56 Å². The molecule has 0 aliphatic carbocycles. The summed E-state index contributed by atoms with van der Waals surface area (Å²) in [4.78, 5) is 32.5. The van der Waals surface area contributed by atoms with E-state index in [-0.39, 0.29) is 35.7 Å². The van der Waals surface area contributed by atoms with E-state index in [0.717, 1.165) is 0 Å². The van der Waals surface area contributed by atoms with Crippen LogP contribution in [-0.4, -0.2) is 36.7 Å². The number of hydrogen-bond acceptors (Lipinski definition) is 6. The number of carbonyl (C=O) groups is 1. The van der Waals surface area contributed by atoms with Crippen molar-refractivity contribution in [3.05, 3.63) is 106 Å². The van der Waals surface area contributed by atoms with Gasteiger partial charge >= 0.3 is 5.97 Å². The first-order valence-corrected chi connectivity index (χ1v) is 12.1. The fourth-order valence-electron chi connectivity index (χ4n) is 3.51. The molecule has 1 heterocycles. The molecule has 0 atom stereocenters. The molecular formula is C25H22N2O5S. The summed E-state index contributed by atoms with van der Waals surface area (Å²) >= 11 is 0. The molecule has 168 valence electrons. The zero-order valence-electron chi connectivity index (χ0n) is 17.7. The Morgan fingerprint density at radius 3 is 2.42 bits per heavy atom. The van der Waals surface area contributed by atoms with Gasteiger partial charge in [-0.15, -0.1) is 0 Å². The Balaban J connectivity index is 1.42.